The lowest BCUT2D eigenvalue weighted by Crippen LogP contribution is -2.20. The van der Waals surface area contributed by atoms with Gasteiger partial charge in [0.25, 0.3) is 0 Å². The molecule has 1 fully saturated rings. The summed E-state index contributed by atoms with van der Waals surface area (Å²) in [5.74, 6) is 2.53. The van der Waals surface area contributed by atoms with Crippen molar-refractivity contribution in [3.8, 4) is 5.75 Å². The van der Waals surface area contributed by atoms with Crippen LogP contribution in [0.2, 0.25) is 5.02 Å². The van der Waals surface area contributed by atoms with E-state index in [1.165, 1.54) is 25.7 Å². The lowest BCUT2D eigenvalue weighted by molar-refractivity contribution is 0.300. The van der Waals surface area contributed by atoms with E-state index in [2.05, 4.69) is 12.2 Å². The number of rotatable bonds is 4. The summed E-state index contributed by atoms with van der Waals surface area (Å²) in [6.45, 7) is 3.36. The summed E-state index contributed by atoms with van der Waals surface area (Å²) in [6, 6.07) is 5.73. The fourth-order valence-electron chi connectivity index (χ4n) is 2.55. The molecule has 1 aromatic rings. The molecular formula is C15H22ClNO. The number of anilines is 1. The summed E-state index contributed by atoms with van der Waals surface area (Å²) in [7, 11) is 1.68. The molecule has 1 saturated carbocycles. The van der Waals surface area contributed by atoms with Gasteiger partial charge in [0.2, 0.25) is 0 Å². The quantitative estimate of drug-likeness (QED) is 0.862. The van der Waals surface area contributed by atoms with Crippen LogP contribution >= 0.6 is 11.6 Å². The van der Waals surface area contributed by atoms with E-state index in [9.17, 15) is 0 Å². The molecule has 0 heterocycles. The van der Waals surface area contributed by atoms with Crippen LogP contribution in [-0.2, 0) is 0 Å². The standard InChI is InChI=1S/C15H22ClNO/c1-11-3-5-12(6-4-11)10-17-15-9-13(18-2)7-8-14(15)16/h7-9,11-12,17H,3-6,10H2,1-2H3. The molecule has 0 spiro atoms. The van der Waals surface area contributed by atoms with Gasteiger partial charge in [0, 0.05) is 12.6 Å². The maximum absolute atomic E-state index is 6.18. The summed E-state index contributed by atoms with van der Waals surface area (Å²) in [6.07, 6.45) is 5.38. The van der Waals surface area contributed by atoms with Crippen molar-refractivity contribution in [3.63, 3.8) is 0 Å². The Labute approximate surface area is 115 Å². The second kappa shape index (κ2) is 6.33. The molecule has 0 amide bonds. The molecule has 2 nitrogen and oxygen atoms in total. The minimum absolute atomic E-state index is 0.764. The van der Waals surface area contributed by atoms with Gasteiger partial charge in [-0.2, -0.15) is 0 Å². The zero-order valence-corrected chi connectivity index (χ0v) is 12.0. The highest BCUT2D eigenvalue weighted by Crippen LogP contribution is 2.30. The Hall–Kier alpha value is -0.890. The van der Waals surface area contributed by atoms with Crippen LogP contribution in [0.1, 0.15) is 32.6 Å². The van der Waals surface area contributed by atoms with Crippen molar-refractivity contribution in [2.24, 2.45) is 11.8 Å². The highest BCUT2D eigenvalue weighted by Gasteiger charge is 2.18. The van der Waals surface area contributed by atoms with E-state index >= 15 is 0 Å². The van der Waals surface area contributed by atoms with Gasteiger partial charge in [-0.05, 0) is 36.8 Å². The smallest absolute Gasteiger partial charge is 0.121 e. The second-order valence-electron chi connectivity index (χ2n) is 5.35. The van der Waals surface area contributed by atoms with Gasteiger partial charge in [-0.25, -0.2) is 0 Å². The SMILES string of the molecule is COc1ccc(Cl)c(NCC2CCC(C)CC2)c1. The number of halogens is 1. The number of nitrogens with one attached hydrogen (secondary N) is 1. The minimum Gasteiger partial charge on any atom is -0.497 e. The number of benzene rings is 1. The van der Waals surface area contributed by atoms with E-state index in [-0.39, 0.29) is 0 Å². The van der Waals surface area contributed by atoms with Gasteiger partial charge in [-0.1, -0.05) is 31.4 Å². The average Bonchev–Trinajstić information content (AvgIpc) is 2.40. The Kier molecular flexibility index (Phi) is 4.76. The summed E-state index contributed by atoms with van der Waals surface area (Å²) in [5, 5.41) is 4.22. The number of hydrogen-bond acceptors (Lipinski definition) is 2. The Morgan fingerprint density at radius 3 is 2.67 bits per heavy atom. The Morgan fingerprint density at radius 2 is 2.00 bits per heavy atom. The molecule has 0 saturated heterocycles. The van der Waals surface area contributed by atoms with Crippen LogP contribution in [0.25, 0.3) is 0 Å². The molecule has 18 heavy (non-hydrogen) atoms. The summed E-state index contributed by atoms with van der Waals surface area (Å²) < 4.78 is 5.22. The van der Waals surface area contributed by atoms with Gasteiger partial charge in [0.1, 0.15) is 5.75 Å². The number of hydrogen-bond donors (Lipinski definition) is 1. The van der Waals surface area contributed by atoms with Crippen molar-refractivity contribution in [3.05, 3.63) is 23.2 Å². The van der Waals surface area contributed by atoms with E-state index in [0.717, 1.165) is 34.8 Å². The lowest BCUT2D eigenvalue weighted by Gasteiger charge is -2.26. The van der Waals surface area contributed by atoms with E-state index in [1.807, 2.05) is 18.2 Å². The van der Waals surface area contributed by atoms with Gasteiger partial charge < -0.3 is 10.1 Å². The van der Waals surface area contributed by atoms with Gasteiger partial charge in [-0.15, -0.1) is 0 Å². The van der Waals surface area contributed by atoms with Crippen LogP contribution in [0.5, 0.6) is 5.75 Å². The summed E-state index contributed by atoms with van der Waals surface area (Å²) in [4.78, 5) is 0. The maximum Gasteiger partial charge on any atom is 0.121 e. The molecule has 1 aliphatic carbocycles. The summed E-state index contributed by atoms with van der Waals surface area (Å²) >= 11 is 6.18. The molecule has 2 rings (SSSR count). The molecule has 0 radical (unpaired) electrons. The molecule has 3 heteroatoms. The average molecular weight is 268 g/mol. The largest absolute Gasteiger partial charge is 0.497 e. The highest BCUT2D eigenvalue weighted by atomic mass is 35.5. The molecular weight excluding hydrogens is 246 g/mol. The molecule has 0 unspecified atom stereocenters. The van der Waals surface area contributed by atoms with Crippen molar-refractivity contribution in [2.45, 2.75) is 32.6 Å². The van der Waals surface area contributed by atoms with Crippen molar-refractivity contribution in [1.29, 1.82) is 0 Å². The Bertz CT molecular complexity index is 386. The van der Waals surface area contributed by atoms with Gasteiger partial charge >= 0.3 is 0 Å². The van der Waals surface area contributed by atoms with E-state index in [1.54, 1.807) is 7.11 Å². The predicted molar refractivity (Wildman–Crippen MR) is 77.6 cm³/mol. The predicted octanol–water partition coefficient (Wildman–Crippen LogP) is 4.59. The first kappa shape index (κ1) is 13.5. The molecule has 0 aliphatic heterocycles. The minimum atomic E-state index is 0.764. The maximum atomic E-state index is 6.18. The molecule has 1 N–H and O–H groups in total. The third-order valence-corrected chi connectivity index (χ3v) is 4.22. The number of ether oxygens (including phenoxy) is 1. The van der Waals surface area contributed by atoms with Crippen LogP contribution in [0.4, 0.5) is 5.69 Å². The monoisotopic (exact) mass is 267 g/mol. The first-order valence-electron chi connectivity index (χ1n) is 6.76. The summed E-state index contributed by atoms with van der Waals surface area (Å²) in [5.41, 5.74) is 0.981. The highest BCUT2D eigenvalue weighted by molar-refractivity contribution is 6.33. The third kappa shape index (κ3) is 3.55. The van der Waals surface area contributed by atoms with Gasteiger partial charge in [0.15, 0.2) is 0 Å². The first-order valence-corrected chi connectivity index (χ1v) is 7.14. The molecule has 0 aromatic heterocycles. The normalized spacial score (nSPS) is 23.7. The van der Waals surface area contributed by atoms with E-state index in [4.69, 9.17) is 16.3 Å². The van der Waals surface area contributed by atoms with Crippen molar-refractivity contribution < 1.29 is 4.74 Å². The topological polar surface area (TPSA) is 21.3 Å². The van der Waals surface area contributed by atoms with Crippen molar-refractivity contribution in [1.82, 2.24) is 0 Å². The van der Waals surface area contributed by atoms with Crippen molar-refractivity contribution in [2.75, 3.05) is 19.0 Å². The third-order valence-electron chi connectivity index (χ3n) is 3.89. The van der Waals surface area contributed by atoms with Gasteiger partial charge in [0.05, 0.1) is 17.8 Å². The molecule has 0 atom stereocenters. The van der Waals surface area contributed by atoms with Crippen molar-refractivity contribution >= 4 is 17.3 Å². The van der Waals surface area contributed by atoms with Gasteiger partial charge in [-0.3, -0.25) is 0 Å². The lowest BCUT2D eigenvalue weighted by atomic mass is 9.83. The fraction of sp³-hybridized carbons (Fsp3) is 0.600. The molecule has 100 valence electrons. The molecule has 0 bridgehead atoms. The van der Waals surface area contributed by atoms with E-state index < -0.39 is 0 Å². The van der Waals surface area contributed by atoms with Crippen LogP contribution in [0.15, 0.2) is 18.2 Å². The fourth-order valence-corrected chi connectivity index (χ4v) is 2.74. The first-order chi connectivity index (χ1) is 8.69. The van der Waals surface area contributed by atoms with Crippen LogP contribution < -0.4 is 10.1 Å². The molecule has 1 aliphatic rings. The van der Waals surface area contributed by atoms with E-state index in [0.29, 0.717) is 0 Å². The molecule has 1 aromatic carbocycles. The zero-order valence-electron chi connectivity index (χ0n) is 11.2. The Balaban J connectivity index is 1.89. The van der Waals surface area contributed by atoms with Crippen LogP contribution in [0, 0.1) is 11.8 Å². The second-order valence-corrected chi connectivity index (χ2v) is 5.76. The number of methoxy groups -OCH3 is 1. The Morgan fingerprint density at radius 1 is 1.28 bits per heavy atom. The van der Waals surface area contributed by atoms with Crippen LogP contribution in [-0.4, -0.2) is 13.7 Å². The zero-order chi connectivity index (χ0) is 13.0. The van der Waals surface area contributed by atoms with Crippen LogP contribution in [0.3, 0.4) is 0 Å².